The number of carbonyl (C=O) groups excluding carboxylic acids is 2. The molecule has 2 N–H and O–H groups in total. The van der Waals surface area contributed by atoms with Crippen LogP contribution in [0, 0.1) is 0 Å². The number of para-hydroxylation sites is 2. The van der Waals surface area contributed by atoms with E-state index in [0.717, 1.165) is 6.07 Å². The maximum Gasteiger partial charge on any atom is 0.573 e. The number of anilines is 1. The third kappa shape index (κ3) is 6.46. The van der Waals surface area contributed by atoms with Crippen LogP contribution < -0.4 is 15.4 Å². The lowest BCUT2D eigenvalue weighted by atomic mass is 10.2. The van der Waals surface area contributed by atoms with Gasteiger partial charge in [-0.1, -0.05) is 12.1 Å². The Morgan fingerprint density at radius 1 is 1.16 bits per heavy atom. The molecule has 0 aliphatic carbocycles. The molecule has 0 aliphatic rings. The predicted octanol–water partition coefficient (Wildman–Crippen LogP) is 3.80. The number of ether oxygens (including phenoxy) is 1. The maximum absolute atomic E-state index is 12.3. The van der Waals surface area contributed by atoms with Crippen molar-refractivity contribution in [2.75, 3.05) is 11.9 Å². The van der Waals surface area contributed by atoms with E-state index in [-0.39, 0.29) is 24.6 Å². The molecule has 134 valence electrons. The molecule has 2 rings (SSSR count). The van der Waals surface area contributed by atoms with Crippen molar-refractivity contribution in [2.45, 2.75) is 19.2 Å². The Kier molecular flexibility index (Phi) is 6.40. The molecule has 0 fully saturated rings. The lowest BCUT2D eigenvalue weighted by Crippen LogP contribution is -2.25. The van der Waals surface area contributed by atoms with Gasteiger partial charge in [0.05, 0.1) is 5.69 Å². The van der Waals surface area contributed by atoms with Gasteiger partial charge in [0, 0.05) is 23.9 Å². The molecule has 1 aromatic carbocycles. The van der Waals surface area contributed by atoms with E-state index >= 15 is 0 Å². The number of nitrogens with one attached hydrogen (secondary N) is 2. The van der Waals surface area contributed by atoms with Crippen molar-refractivity contribution in [2.24, 2.45) is 0 Å². The Bertz CT molecular complexity index is 718. The number of thiophene rings is 1. The molecule has 0 aliphatic heterocycles. The zero-order valence-electron chi connectivity index (χ0n) is 12.9. The molecule has 9 heteroatoms. The standard InChI is InChI=1S/C16H15F3N2O3S/c17-16(18,19)24-13-5-2-1-4-12(13)21-14(22)6-3-8-20-15(23)11-7-9-25-10-11/h1-2,4-5,7,9-10H,3,6,8H2,(H,20,23)(H,21,22). The number of hydrogen-bond acceptors (Lipinski definition) is 4. The van der Waals surface area contributed by atoms with Crippen LogP contribution >= 0.6 is 11.3 Å². The van der Waals surface area contributed by atoms with E-state index in [0.29, 0.717) is 12.0 Å². The third-order valence-electron chi connectivity index (χ3n) is 3.04. The number of rotatable bonds is 7. The van der Waals surface area contributed by atoms with Crippen molar-refractivity contribution in [1.82, 2.24) is 5.32 Å². The molecule has 0 atom stereocenters. The number of carbonyl (C=O) groups is 2. The molecule has 1 aromatic heterocycles. The van der Waals surface area contributed by atoms with E-state index in [4.69, 9.17) is 0 Å². The maximum atomic E-state index is 12.3. The Balaban J connectivity index is 1.78. The molecule has 0 spiro atoms. The number of amides is 2. The van der Waals surface area contributed by atoms with Crippen LogP contribution in [0.3, 0.4) is 0 Å². The minimum Gasteiger partial charge on any atom is -0.404 e. The van der Waals surface area contributed by atoms with Gasteiger partial charge in [-0.15, -0.1) is 13.2 Å². The summed E-state index contributed by atoms with van der Waals surface area (Å²) in [5.41, 5.74) is 0.486. The fourth-order valence-electron chi connectivity index (χ4n) is 1.94. The van der Waals surface area contributed by atoms with Crippen LogP contribution in [0.25, 0.3) is 0 Å². The molecule has 0 saturated carbocycles. The zero-order chi connectivity index (χ0) is 18.3. The SMILES string of the molecule is O=C(CCCNC(=O)c1ccsc1)Nc1ccccc1OC(F)(F)F. The smallest absolute Gasteiger partial charge is 0.404 e. The fourth-order valence-corrected chi connectivity index (χ4v) is 2.58. The van der Waals surface area contributed by atoms with Crippen LogP contribution in [-0.2, 0) is 4.79 Å². The van der Waals surface area contributed by atoms with Crippen LogP contribution in [-0.4, -0.2) is 24.7 Å². The van der Waals surface area contributed by atoms with Gasteiger partial charge >= 0.3 is 6.36 Å². The lowest BCUT2D eigenvalue weighted by molar-refractivity contribution is -0.274. The highest BCUT2D eigenvalue weighted by Gasteiger charge is 2.32. The topological polar surface area (TPSA) is 67.4 Å². The van der Waals surface area contributed by atoms with Crippen molar-refractivity contribution >= 4 is 28.8 Å². The van der Waals surface area contributed by atoms with Crippen molar-refractivity contribution in [1.29, 1.82) is 0 Å². The van der Waals surface area contributed by atoms with Gasteiger partial charge < -0.3 is 15.4 Å². The van der Waals surface area contributed by atoms with Gasteiger partial charge in [0.2, 0.25) is 5.91 Å². The first kappa shape index (κ1) is 18.8. The zero-order valence-corrected chi connectivity index (χ0v) is 13.7. The lowest BCUT2D eigenvalue weighted by Gasteiger charge is -2.13. The van der Waals surface area contributed by atoms with Gasteiger partial charge in [-0.3, -0.25) is 9.59 Å². The largest absolute Gasteiger partial charge is 0.573 e. The first-order chi connectivity index (χ1) is 11.8. The van der Waals surface area contributed by atoms with Gasteiger partial charge in [0.25, 0.3) is 5.91 Å². The fraction of sp³-hybridized carbons (Fsp3) is 0.250. The van der Waals surface area contributed by atoms with Crippen molar-refractivity contribution in [3.05, 3.63) is 46.7 Å². The Morgan fingerprint density at radius 2 is 1.92 bits per heavy atom. The molecule has 25 heavy (non-hydrogen) atoms. The van der Waals surface area contributed by atoms with E-state index in [1.54, 1.807) is 16.8 Å². The Labute approximate surface area is 145 Å². The van der Waals surface area contributed by atoms with E-state index < -0.39 is 18.0 Å². The number of alkyl halides is 3. The number of hydrogen-bond donors (Lipinski definition) is 2. The second kappa shape index (κ2) is 8.52. The third-order valence-corrected chi connectivity index (χ3v) is 3.72. The molecular weight excluding hydrogens is 357 g/mol. The first-order valence-corrected chi connectivity index (χ1v) is 8.24. The monoisotopic (exact) mass is 372 g/mol. The summed E-state index contributed by atoms with van der Waals surface area (Å²) in [5, 5.41) is 8.52. The summed E-state index contributed by atoms with van der Waals surface area (Å²) >= 11 is 1.40. The molecule has 0 radical (unpaired) electrons. The van der Waals surface area contributed by atoms with Gasteiger partial charge in [-0.25, -0.2) is 0 Å². The van der Waals surface area contributed by atoms with Crippen molar-refractivity contribution in [3.8, 4) is 5.75 Å². The number of halogens is 3. The quantitative estimate of drug-likeness (QED) is 0.727. The molecule has 1 heterocycles. The second-order valence-electron chi connectivity index (χ2n) is 4.96. The normalized spacial score (nSPS) is 11.0. The van der Waals surface area contributed by atoms with Crippen LogP contribution in [0.2, 0.25) is 0 Å². The summed E-state index contributed by atoms with van der Waals surface area (Å²) in [4.78, 5) is 23.5. The summed E-state index contributed by atoms with van der Waals surface area (Å²) in [7, 11) is 0. The highest BCUT2D eigenvalue weighted by Crippen LogP contribution is 2.29. The van der Waals surface area contributed by atoms with Crippen LogP contribution in [0.4, 0.5) is 18.9 Å². The van der Waals surface area contributed by atoms with Gasteiger partial charge in [-0.05, 0) is 30.0 Å². The average Bonchev–Trinajstić information content (AvgIpc) is 3.06. The van der Waals surface area contributed by atoms with Crippen LogP contribution in [0.15, 0.2) is 41.1 Å². The molecule has 0 unspecified atom stereocenters. The molecule has 2 aromatic rings. The van der Waals surface area contributed by atoms with Crippen LogP contribution in [0.5, 0.6) is 5.75 Å². The molecular formula is C16H15F3N2O3S. The average molecular weight is 372 g/mol. The van der Waals surface area contributed by atoms with Gasteiger partial charge in [0.1, 0.15) is 0 Å². The summed E-state index contributed by atoms with van der Waals surface area (Å²) < 4.78 is 40.8. The van der Waals surface area contributed by atoms with E-state index in [9.17, 15) is 22.8 Å². The summed E-state index contributed by atoms with van der Waals surface area (Å²) in [5.74, 6) is -1.18. The minimum atomic E-state index is -4.84. The predicted molar refractivity (Wildman–Crippen MR) is 87.6 cm³/mol. The summed E-state index contributed by atoms with van der Waals surface area (Å²) in [6, 6.07) is 6.97. The van der Waals surface area contributed by atoms with Gasteiger partial charge in [-0.2, -0.15) is 11.3 Å². The summed E-state index contributed by atoms with van der Waals surface area (Å²) in [6.07, 6.45) is -4.44. The highest BCUT2D eigenvalue weighted by atomic mass is 32.1. The van der Waals surface area contributed by atoms with E-state index in [2.05, 4.69) is 15.4 Å². The van der Waals surface area contributed by atoms with Crippen molar-refractivity contribution < 1.29 is 27.5 Å². The van der Waals surface area contributed by atoms with E-state index in [1.165, 1.54) is 29.5 Å². The molecule has 2 amide bonds. The number of benzene rings is 1. The Hall–Kier alpha value is -2.55. The van der Waals surface area contributed by atoms with Crippen molar-refractivity contribution in [3.63, 3.8) is 0 Å². The molecule has 5 nitrogen and oxygen atoms in total. The molecule has 0 bridgehead atoms. The second-order valence-corrected chi connectivity index (χ2v) is 5.74. The van der Waals surface area contributed by atoms with Gasteiger partial charge in [0.15, 0.2) is 5.75 Å². The Morgan fingerprint density at radius 3 is 2.60 bits per heavy atom. The first-order valence-electron chi connectivity index (χ1n) is 7.30. The molecule has 0 saturated heterocycles. The van der Waals surface area contributed by atoms with E-state index in [1.807, 2.05) is 0 Å². The highest BCUT2D eigenvalue weighted by molar-refractivity contribution is 7.08. The minimum absolute atomic E-state index is 0.0459. The summed E-state index contributed by atoms with van der Waals surface area (Å²) in [6.45, 7) is 0.281. The van der Waals surface area contributed by atoms with Crippen LogP contribution in [0.1, 0.15) is 23.2 Å².